The number of aromatic carboxylic acids is 1. The smallest absolute Gasteiger partial charge is 0.347 e. The average molecular weight is 263 g/mol. The Hall–Kier alpha value is -1.72. The number of aryl methyl sites for hydroxylation is 1. The van der Waals surface area contributed by atoms with Crippen LogP contribution in [0, 0.1) is 6.92 Å². The van der Waals surface area contributed by atoms with E-state index in [1.165, 1.54) is 0 Å². The molecule has 1 aromatic carbocycles. The third-order valence-electron chi connectivity index (χ3n) is 2.57. The van der Waals surface area contributed by atoms with Crippen LogP contribution in [0.1, 0.15) is 32.0 Å². The lowest BCUT2D eigenvalue weighted by Crippen LogP contribution is -2.02. The number of carboxylic acids is 1. The van der Waals surface area contributed by atoms with Crippen LogP contribution in [0.15, 0.2) is 30.3 Å². The molecule has 0 aliphatic rings. The van der Waals surface area contributed by atoms with Crippen LogP contribution in [-0.4, -0.2) is 23.2 Å². The summed E-state index contributed by atoms with van der Waals surface area (Å²) >= 11 is 1.16. The molecule has 1 unspecified atom stereocenters. The zero-order valence-corrected chi connectivity index (χ0v) is 10.9. The fourth-order valence-corrected chi connectivity index (χ4v) is 2.75. The maximum absolute atomic E-state index is 11.0. The summed E-state index contributed by atoms with van der Waals surface area (Å²) in [6.45, 7) is 1.70. The van der Waals surface area contributed by atoms with Crippen LogP contribution in [0.4, 0.5) is 0 Å². The van der Waals surface area contributed by atoms with Gasteiger partial charge in [0, 0.05) is 7.11 Å². The zero-order chi connectivity index (χ0) is 13.1. The Morgan fingerprint density at radius 1 is 1.39 bits per heavy atom. The Morgan fingerprint density at radius 2 is 2.06 bits per heavy atom. The van der Waals surface area contributed by atoms with E-state index in [0.717, 1.165) is 16.9 Å². The number of ether oxygens (including phenoxy) is 1. The van der Waals surface area contributed by atoms with Gasteiger partial charge in [0.2, 0.25) is 0 Å². The van der Waals surface area contributed by atoms with Crippen molar-refractivity contribution in [3.63, 3.8) is 0 Å². The molecule has 0 bridgehead atoms. The first-order valence-corrected chi connectivity index (χ1v) is 6.23. The van der Waals surface area contributed by atoms with Gasteiger partial charge in [-0.3, -0.25) is 0 Å². The fraction of sp³-hybridized carbons (Fsp3) is 0.231. The van der Waals surface area contributed by atoms with Gasteiger partial charge in [-0.25, -0.2) is 9.78 Å². The van der Waals surface area contributed by atoms with Crippen molar-refractivity contribution in [1.29, 1.82) is 0 Å². The van der Waals surface area contributed by atoms with E-state index in [1.54, 1.807) is 14.0 Å². The second-order valence-electron chi connectivity index (χ2n) is 3.80. The van der Waals surface area contributed by atoms with Gasteiger partial charge >= 0.3 is 5.97 Å². The van der Waals surface area contributed by atoms with Gasteiger partial charge in [0.1, 0.15) is 16.0 Å². The third kappa shape index (κ3) is 2.42. The molecule has 0 saturated carbocycles. The van der Waals surface area contributed by atoms with E-state index in [0.29, 0.717) is 10.7 Å². The predicted octanol–water partition coefficient (Wildman–Crippen LogP) is 2.89. The van der Waals surface area contributed by atoms with Crippen LogP contribution < -0.4 is 0 Å². The molecule has 1 atom stereocenters. The summed E-state index contributed by atoms with van der Waals surface area (Å²) in [6, 6.07) is 9.63. The van der Waals surface area contributed by atoms with E-state index >= 15 is 0 Å². The average Bonchev–Trinajstić information content (AvgIpc) is 2.74. The van der Waals surface area contributed by atoms with Crippen LogP contribution in [0.5, 0.6) is 0 Å². The van der Waals surface area contributed by atoms with Crippen LogP contribution in [0.25, 0.3) is 0 Å². The van der Waals surface area contributed by atoms with Crippen molar-refractivity contribution < 1.29 is 14.6 Å². The molecule has 18 heavy (non-hydrogen) atoms. The summed E-state index contributed by atoms with van der Waals surface area (Å²) in [5.74, 6) is -0.945. The van der Waals surface area contributed by atoms with Gasteiger partial charge in [0.25, 0.3) is 0 Å². The van der Waals surface area contributed by atoms with Gasteiger partial charge in [0.05, 0.1) is 5.69 Å². The third-order valence-corrected chi connectivity index (χ3v) is 3.76. The molecular weight excluding hydrogens is 250 g/mol. The molecule has 2 aromatic rings. The Bertz CT molecular complexity index is 551. The molecule has 4 nitrogen and oxygen atoms in total. The molecule has 1 heterocycles. The minimum atomic E-state index is -0.945. The van der Waals surface area contributed by atoms with E-state index in [4.69, 9.17) is 9.84 Å². The SMILES string of the molecule is COC(c1ccccc1)c1nc(C)c(C(=O)O)s1. The molecule has 1 aromatic heterocycles. The molecule has 5 heteroatoms. The number of aromatic nitrogens is 1. The van der Waals surface area contributed by atoms with Crippen molar-refractivity contribution in [3.8, 4) is 0 Å². The lowest BCUT2D eigenvalue weighted by molar-refractivity contribution is 0.0701. The Kier molecular flexibility index (Phi) is 3.74. The zero-order valence-electron chi connectivity index (χ0n) is 10.1. The number of methoxy groups -OCH3 is 1. The maximum Gasteiger partial charge on any atom is 0.347 e. The van der Waals surface area contributed by atoms with Gasteiger partial charge in [-0.2, -0.15) is 0 Å². The molecule has 0 aliphatic carbocycles. The van der Waals surface area contributed by atoms with Crippen molar-refractivity contribution in [2.75, 3.05) is 7.11 Å². The van der Waals surface area contributed by atoms with Crippen LogP contribution >= 0.6 is 11.3 Å². The lowest BCUT2D eigenvalue weighted by atomic mass is 10.1. The van der Waals surface area contributed by atoms with E-state index in [1.807, 2.05) is 30.3 Å². The van der Waals surface area contributed by atoms with Crippen LogP contribution in [0.3, 0.4) is 0 Å². The number of carboxylic acid groups (broad SMARTS) is 1. The van der Waals surface area contributed by atoms with Gasteiger partial charge in [0.15, 0.2) is 0 Å². The van der Waals surface area contributed by atoms with Crippen molar-refractivity contribution >= 4 is 17.3 Å². The second-order valence-corrected chi connectivity index (χ2v) is 4.83. The molecular formula is C13H13NO3S. The minimum Gasteiger partial charge on any atom is -0.477 e. The summed E-state index contributed by atoms with van der Waals surface area (Å²) in [4.78, 5) is 15.6. The first kappa shape index (κ1) is 12.7. The highest BCUT2D eigenvalue weighted by molar-refractivity contribution is 7.13. The largest absolute Gasteiger partial charge is 0.477 e. The van der Waals surface area contributed by atoms with E-state index in [9.17, 15) is 4.79 Å². The molecule has 94 valence electrons. The Morgan fingerprint density at radius 3 is 2.56 bits per heavy atom. The summed E-state index contributed by atoms with van der Waals surface area (Å²) in [5, 5.41) is 9.70. The van der Waals surface area contributed by atoms with E-state index in [2.05, 4.69) is 4.98 Å². The number of nitrogens with zero attached hydrogens (tertiary/aromatic N) is 1. The number of rotatable bonds is 4. The molecule has 0 amide bonds. The number of hydrogen-bond acceptors (Lipinski definition) is 4. The quantitative estimate of drug-likeness (QED) is 0.921. The Labute approximate surface area is 109 Å². The van der Waals surface area contributed by atoms with Gasteiger partial charge in [-0.1, -0.05) is 30.3 Å². The molecule has 0 radical (unpaired) electrons. The lowest BCUT2D eigenvalue weighted by Gasteiger charge is -2.12. The molecule has 0 aliphatic heterocycles. The number of benzene rings is 1. The molecule has 0 fully saturated rings. The summed E-state index contributed by atoms with van der Waals surface area (Å²) in [5.41, 5.74) is 1.49. The highest BCUT2D eigenvalue weighted by atomic mass is 32.1. The standard InChI is InChI=1S/C13H13NO3S/c1-8-11(13(15)16)18-12(14-8)10(17-2)9-6-4-3-5-7-9/h3-7,10H,1-2H3,(H,15,16). The number of carbonyl (C=O) groups is 1. The second kappa shape index (κ2) is 5.29. The first-order chi connectivity index (χ1) is 8.63. The first-order valence-electron chi connectivity index (χ1n) is 5.42. The van der Waals surface area contributed by atoms with E-state index in [-0.39, 0.29) is 11.0 Å². The highest BCUT2D eigenvalue weighted by Gasteiger charge is 2.21. The molecule has 2 rings (SSSR count). The van der Waals surface area contributed by atoms with E-state index < -0.39 is 5.97 Å². The topological polar surface area (TPSA) is 59.4 Å². The van der Waals surface area contributed by atoms with Gasteiger partial charge in [-0.15, -0.1) is 11.3 Å². The fourth-order valence-electron chi connectivity index (χ4n) is 1.74. The van der Waals surface area contributed by atoms with Crippen molar-refractivity contribution in [2.24, 2.45) is 0 Å². The summed E-state index contributed by atoms with van der Waals surface area (Å²) in [7, 11) is 1.59. The van der Waals surface area contributed by atoms with Crippen molar-refractivity contribution in [1.82, 2.24) is 4.98 Å². The molecule has 0 spiro atoms. The normalized spacial score (nSPS) is 12.3. The van der Waals surface area contributed by atoms with Crippen molar-refractivity contribution in [2.45, 2.75) is 13.0 Å². The monoisotopic (exact) mass is 263 g/mol. The van der Waals surface area contributed by atoms with Gasteiger partial charge in [-0.05, 0) is 12.5 Å². The molecule has 1 N–H and O–H groups in total. The highest BCUT2D eigenvalue weighted by Crippen LogP contribution is 2.30. The predicted molar refractivity (Wildman–Crippen MR) is 69.1 cm³/mol. The number of hydrogen-bond donors (Lipinski definition) is 1. The van der Waals surface area contributed by atoms with Crippen LogP contribution in [0.2, 0.25) is 0 Å². The number of thiazole rings is 1. The van der Waals surface area contributed by atoms with Crippen molar-refractivity contribution in [3.05, 3.63) is 51.5 Å². The minimum absolute atomic E-state index is 0.267. The maximum atomic E-state index is 11.0. The molecule has 0 saturated heterocycles. The van der Waals surface area contributed by atoms with Crippen LogP contribution in [-0.2, 0) is 4.74 Å². The summed E-state index contributed by atoms with van der Waals surface area (Å²) < 4.78 is 5.43. The Balaban J connectivity index is 2.40. The van der Waals surface area contributed by atoms with Gasteiger partial charge < -0.3 is 9.84 Å². The summed E-state index contributed by atoms with van der Waals surface area (Å²) in [6.07, 6.45) is -0.317.